The molecule has 0 radical (unpaired) electrons. The zero-order valence-electron chi connectivity index (χ0n) is 12.5. The second kappa shape index (κ2) is 6.95. The normalized spacial score (nSPS) is 12.0. The Bertz CT molecular complexity index is 632. The average molecular weight is 288 g/mol. The van der Waals surface area contributed by atoms with E-state index < -0.39 is 0 Å². The standard InChI is InChI=1S/C16H20N2O3/c1-17-14(11-18-8-6-13(19)7-9-18)12-4-5-15(20-2)16(10-12)21-3/h4-10,14,17H,11H2,1-3H3. The minimum Gasteiger partial charge on any atom is -0.493 e. The Kier molecular flexibility index (Phi) is 5.00. The highest BCUT2D eigenvalue weighted by atomic mass is 16.5. The summed E-state index contributed by atoms with van der Waals surface area (Å²) >= 11 is 0. The van der Waals surface area contributed by atoms with Crippen molar-refractivity contribution in [2.24, 2.45) is 0 Å². The van der Waals surface area contributed by atoms with Crippen molar-refractivity contribution >= 4 is 0 Å². The Morgan fingerprint density at radius 2 is 1.76 bits per heavy atom. The first kappa shape index (κ1) is 15.1. The Balaban J connectivity index is 2.24. The molecular formula is C16H20N2O3. The van der Waals surface area contributed by atoms with Gasteiger partial charge in [-0.25, -0.2) is 0 Å². The molecule has 21 heavy (non-hydrogen) atoms. The lowest BCUT2D eigenvalue weighted by Gasteiger charge is -2.20. The molecule has 0 saturated heterocycles. The van der Waals surface area contributed by atoms with Gasteiger partial charge >= 0.3 is 0 Å². The largest absolute Gasteiger partial charge is 0.493 e. The molecule has 0 saturated carbocycles. The summed E-state index contributed by atoms with van der Waals surface area (Å²) in [5.74, 6) is 1.41. The van der Waals surface area contributed by atoms with Gasteiger partial charge in [-0.05, 0) is 24.7 Å². The average Bonchev–Trinajstić information content (AvgIpc) is 2.53. The molecule has 1 atom stereocenters. The summed E-state index contributed by atoms with van der Waals surface area (Å²) in [6.45, 7) is 0.715. The Hall–Kier alpha value is -2.27. The smallest absolute Gasteiger partial charge is 0.181 e. The number of rotatable bonds is 6. The SMILES string of the molecule is CNC(Cn1ccc(=O)cc1)c1ccc(OC)c(OC)c1. The third-order valence-electron chi connectivity index (χ3n) is 3.41. The van der Waals surface area contributed by atoms with Gasteiger partial charge in [0.2, 0.25) is 0 Å². The number of pyridine rings is 1. The molecule has 0 spiro atoms. The van der Waals surface area contributed by atoms with Crippen LogP contribution in [0, 0.1) is 0 Å². The summed E-state index contributed by atoms with van der Waals surface area (Å²) in [6, 6.07) is 9.08. The van der Waals surface area contributed by atoms with E-state index in [1.165, 1.54) is 0 Å². The molecule has 1 N–H and O–H groups in total. The van der Waals surface area contributed by atoms with Gasteiger partial charge in [-0.15, -0.1) is 0 Å². The molecule has 5 nitrogen and oxygen atoms in total. The topological polar surface area (TPSA) is 52.5 Å². The number of ether oxygens (including phenoxy) is 2. The van der Waals surface area contributed by atoms with E-state index in [0.717, 1.165) is 5.56 Å². The summed E-state index contributed by atoms with van der Waals surface area (Å²) in [5.41, 5.74) is 1.10. The van der Waals surface area contributed by atoms with Crippen LogP contribution in [0.4, 0.5) is 0 Å². The number of hydrogen-bond donors (Lipinski definition) is 1. The first-order valence-electron chi connectivity index (χ1n) is 6.73. The van der Waals surface area contributed by atoms with Crippen molar-refractivity contribution in [1.29, 1.82) is 0 Å². The molecule has 0 bridgehead atoms. The van der Waals surface area contributed by atoms with E-state index in [4.69, 9.17) is 9.47 Å². The van der Waals surface area contributed by atoms with Crippen molar-refractivity contribution in [3.63, 3.8) is 0 Å². The van der Waals surface area contributed by atoms with Gasteiger partial charge in [0.25, 0.3) is 0 Å². The molecule has 2 aromatic rings. The minimum absolute atomic E-state index is 0.0124. The summed E-state index contributed by atoms with van der Waals surface area (Å²) in [7, 11) is 5.15. The van der Waals surface area contributed by atoms with Crippen LogP contribution in [0.2, 0.25) is 0 Å². The molecule has 1 aromatic heterocycles. The van der Waals surface area contributed by atoms with Crippen molar-refractivity contribution in [3.8, 4) is 11.5 Å². The molecule has 0 aliphatic carbocycles. The van der Waals surface area contributed by atoms with Gasteiger partial charge < -0.3 is 19.4 Å². The second-order valence-electron chi connectivity index (χ2n) is 4.69. The lowest BCUT2D eigenvalue weighted by atomic mass is 10.1. The zero-order chi connectivity index (χ0) is 15.2. The fourth-order valence-corrected chi connectivity index (χ4v) is 2.21. The van der Waals surface area contributed by atoms with E-state index in [1.807, 2.05) is 29.8 Å². The fraction of sp³-hybridized carbons (Fsp3) is 0.312. The molecule has 1 aromatic carbocycles. The summed E-state index contributed by atoms with van der Waals surface area (Å²) in [5, 5.41) is 3.27. The maximum atomic E-state index is 11.1. The quantitative estimate of drug-likeness (QED) is 0.881. The second-order valence-corrected chi connectivity index (χ2v) is 4.69. The van der Waals surface area contributed by atoms with Crippen LogP contribution in [0.15, 0.2) is 47.5 Å². The van der Waals surface area contributed by atoms with Crippen molar-refractivity contribution in [3.05, 3.63) is 58.5 Å². The van der Waals surface area contributed by atoms with Gasteiger partial charge in [0.15, 0.2) is 16.9 Å². The van der Waals surface area contributed by atoms with Crippen molar-refractivity contribution in [1.82, 2.24) is 9.88 Å². The number of nitrogens with zero attached hydrogens (tertiary/aromatic N) is 1. The van der Waals surface area contributed by atoms with Gasteiger partial charge in [0.1, 0.15) is 0 Å². The van der Waals surface area contributed by atoms with Crippen LogP contribution in [0.3, 0.4) is 0 Å². The first-order valence-corrected chi connectivity index (χ1v) is 6.73. The Morgan fingerprint density at radius 3 is 2.33 bits per heavy atom. The molecule has 0 fully saturated rings. The predicted molar refractivity (Wildman–Crippen MR) is 82.0 cm³/mol. The lowest BCUT2D eigenvalue weighted by molar-refractivity contribution is 0.353. The molecule has 0 aliphatic rings. The van der Waals surface area contributed by atoms with Crippen LogP contribution in [0.25, 0.3) is 0 Å². The molecular weight excluding hydrogens is 268 g/mol. The van der Waals surface area contributed by atoms with E-state index in [1.54, 1.807) is 38.7 Å². The van der Waals surface area contributed by atoms with Crippen LogP contribution >= 0.6 is 0 Å². The number of hydrogen-bond acceptors (Lipinski definition) is 4. The minimum atomic E-state index is 0.0124. The highest BCUT2D eigenvalue weighted by Crippen LogP contribution is 2.30. The third kappa shape index (κ3) is 3.64. The third-order valence-corrected chi connectivity index (χ3v) is 3.41. The highest BCUT2D eigenvalue weighted by Gasteiger charge is 2.13. The number of nitrogens with one attached hydrogen (secondary N) is 1. The van der Waals surface area contributed by atoms with Crippen LogP contribution < -0.4 is 20.2 Å². The van der Waals surface area contributed by atoms with Gasteiger partial charge in [0.05, 0.1) is 20.3 Å². The number of benzene rings is 1. The highest BCUT2D eigenvalue weighted by molar-refractivity contribution is 5.43. The Morgan fingerprint density at radius 1 is 1.10 bits per heavy atom. The van der Waals surface area contributed by atoms with Crippen molar-refractivity contribution in [2.45, 2.75) is 12.6 Å². The molecule has 2 rings (SSSR count). The van der Waals surface area contributed by atoms with Gasteiger partial charge in [-0.2, -0.15) is 0 Å². The van der Waals surface area contributed by atoms with Gasteiger partial charge in [0, 0.05) is 31.1 Å². The van der Waals surface area contributed by atoms with Gasteiger partial charge in [-0.3, -0.25) is 4.79 Å². The molecule has 1 heterocycles. The molecule has 112 valence electrons. The van der Waals surface area contributed by atoms with E-state index >= 15 is 0 Å². The monoisotopic (exact) mass is 288 g/mol. The van der Waals surface area contributed by atoms with Crippen LogP contribution in [-0.2, 0) is 6.54 Å². The fourth-order valence-electron chi connectivity index (χ4n) is 2.21. The predicted octanol–water partition coefficient (Wildman–Crippen LogP) is 1.83. The maximum absolute atomic E-state index is 11.1. The van der Waals surface area contributed by atoms with E-state index in [0.29, 0.717) is 18.0 Å². The molecule has 0 amide bonds. The molecule has 1 unspecified atom stereocenters. The molecule has 0 aliphatic heterocycles. The lowest BCUT2D eigenvalue weighted by Crippen LogP contribution is -2.22. The number of likely N-dealkylation sites (N-methyl/N-ethyl adjacent to an activating group) is 1. The molecule has 5 heteroatoms. The van der Waals surface area contributed by atoms with Crippen molar-refractivity contribution in [2.75, 3.05) is 21.3 Å². The number of methoxy groups -OCH3 is 2. The maximum Gasteiger partial charge on any atom is 0.181 e. The number of aromatic nitrogens is 1. The van der Waals surface area contributed by atoms with E-state index in [2.05, 4.69) is 5.32 Å². The van der Waals surface area contributed by atoms with Crippen molar-refractivity contribution < 1.29 is 9.47 Å². The zero-order valence-corrected chi connectivity index (χ0v) is 12.5. The van der Waals surface area contributed by atoms with Gasteiger partial charge in [-0.1, -0.05) is 6.07 Å². The van der Waals surface area contributed by atoms with E-state index in [-0.39, 0.29) is 11.5 Å². The summed E-state index contributed by atoms with van der Waals surface area (Å²) in [4.78, 5) is 11.1. The summed E-state index contributed by atoms with van der Waals surface area (Å²) in [6.07, 6.45) is 3.57. The van der Waals surface area contributed by atoms with E-state index in [9.17, 15) is 4.79 Å². The van der Waals surface area contributed by atoms with Crippen LogP contribution in [-0.4, -0.2) is 25.8 Å². The first-order chi connectivity index (χ1) is 10.2. The summed E-state index contributed by atoms with van der Waals surface area (Å²) < 4.78 is 12.6. The Labute approximate surface area is 124 Å². The van der Waals surface area contributed by atoms with Crippen LogP contribution in [0.5, 0.6) is 11.5 Å². The van der Waals surface area contributed by atoms with Crippen LogP contribution in [0.1, 0.15) is 11.6 Å².